The van der Waals surface area contributed by atoms with Gasteiger partial charge in [-0.1, -0.05) is 30.2 Å². The second-order valence-electron chi connectivity index (χ2n) is 3.52. The Hall–Kier alpha value is -1.95. The van der Waals surface area contributed by atoms with Gasteiger partial charge in [-0.25, -0.2) is 4.79 Å². The minimum absolute atomic E-state index is 0.173. The molecule has 3 heteroatoms. The van der Waals surface area contributed by atoms with Crippen LogP contribution in [0, 0.1) is 12.3 Å². The molecule has 0 spiro atoms. The number of hydrogen-bond donors (Lipinski definition) is 1. The number of ether oxygens (including phenoxy) is 1. The Balaban J connectivity index is 2.29. The molecule has 1 aliphatic rings. The largest absolute Gasteiger partial charge is 0.444 e. The van der Waals surface area contributed by atoms with E-state index in [-0.39, 0.29) is 12.0 Å². The number of nitrogens with two attached hydrogens (primary N) is 1. The van der Waals surface area contributed by atoms with E-state index < -0.39 is 6.09 Å². The maximum Gasteiger partial charge on any atom is 0.404 e. The molecule has 0 fully saturated rings. The third-order valence-corrected chi connectivity index (χ3v) is 2.63. The van der Waals surface area contributed by atoms with Crippen LogP contribution in [-0.4, -0.2) is 12.2 Å². The van der Waals surface area contributed by atoms with E-state index in [1.165, 1.54) is 0 Å². The van der Waals surface area contributed by atoms with Crippen LogP contribution in [0.3, 0.4) is 0 Å². The van der Waals surface area contributed by atoms with Gasteiger partial charge in [0.05, 0.1) is 5.92 Å². The second-order valence-corrected chi connectivity index (χ2v) is 3.52. The summed E-state index contributed by atoms with van der Waals surface area (Å²) in [6.45, 7) is 0. The Morgan fingerprint density at radius 2 is 2.27 bits per heavy atom. The summed E-state index contributed by atoms with van der Waals surface area (Å²) in [5.74, 6) is 2.47. The Morgan fingerprint density at radius 1 is 1.53 bits per heavy atom. The number of rotatable bonds is 1. The monoisotopic (exact) mass is 201 g/mol. The van der Waals surface area contributed by atoms with Gasteiger partial charge in [0, 0.05) is 6.42 Å². The van der Waals surface area contributed by atoms with E-state index in [1.54, 1.807) is 0 Å². The molecule has 2 rings (SSSR count). The zero-order valence-electron chi connectivity index (χ0n) is 8.14. The van der Waals surface area contributed by atoms with Crippen molar-refractivity contribution in [2.24, 2.45) is 5.73 Å². The zero-order chi connectivity index (χ0) is 10.8. The molecule has 1 aromatic carbocycles. The summed E-state index contributed by atoms with van der Waals surface area (Å²) in [5, 5.41) is 0. The number of terminal acetylenes is 1. The van der Waals surface area contributed by atoms with E-state index in [2.05, 4.69) is 5.92 Å². The minimum atomic E-state index is -0.770. The predicted molar refractivity (Wildman–Crippen MR) is 56.2 cm³/mol. The Morgan fingerprint density at radius 3 is 2.93 bits per heavy atom. The van der Waals surface area contributed by atoms with Crippen molar-refractivity contribution in [2.75, 3.05) is 0 Å². The average molecular weight is 201 g/mol. The van der Waals surface area contributed by atoms with Gasteiger partial charge in [0.15, 0.2) is 0 Å². The van der Waals surface area contributed by atoms with Gasteiger partial charge in [-0.3, -0.25) is 0 Å². The molecule has 0 aromatic heterocycles. The fraction of sp³-hybridized carbons (Fsp3) is 0.250. The molecule has 0 aliphatic heterocycles. The van der Waals surface area contributed by atoms with Crippen LogP contribution in [-0.2, 0) is 11.2 Å². The van der Waals surface area contributed by atoms with Gasteiger partial charge < -0.3 is 10.5 Å². The molecule has 2 N–H and O–H groups in total. The van der Waals surface area contributed by atoms with Gasteiger partial charge >= 0.3 is 6.09 Å². The smallest absolute Gasteiger partial charge is 0.404 e. The third-order valence-electron chi connectivity index (χ3n) is 2.63. The van der Waals surface area contributed by atoms with E-state index in [9.17, 15) is 4.79 Å². The first-order valence-corrected chi connectivity index (χ1v) is 4.72. The molecule has 2 atom stereocenters. The lowest BCUT2D eigenvalue weighted by Crippen LogP contribution is -2.25. The molecule has 0 bridgehead atoms. The number of carbonyl (C=O) groups is 1. The fourth-order valence-corrected chi connectivity index (χ4v) is 2.01. The van der Waals surface area contributed by atoms with Crippen LogP contribution in [0.2, 0.25) is 0 Å². The topological polar surface area (TPSA) is 52.3 Å². The van der Waals surface area contributed by atoms with Crippen molar-refractivity contribution in [1.29, 1.82) is 0 Å². The van der Waals surface area contributed by atoms with Gasteiger partial charge in [0.2, 0.25) is 0 Å². The molecule has 1 aliphatic carbocycles. The Bertz CT molecular complexity index is 433. The van der Waals surface area contributed by atoms with E-state index in [4.69, 9.17) is 16.9 Å². The minimum Gasteiger partial charge on any atom is -0.444 e. The normalized spacial score (nSPS) is 22.9. The lowest BCUT2D eigenvalue weighted by atomic mass is 10.0. The standard InChI is InChI=1S/C12H11NO2/c1-2-9-10-6-4-3-5-8(10)7-11(9)15-12(13)14/h1,3-6,9,11H,7H2,(H2,13,14). The average Bonchev–Trinajstić information content (AvgIpc) is 2.53. The van der Waals surface area contributed by atoms with Crippen LogP contribution in [0.4, 0.5) is 4.79 Å². The van der Waals surface area contributed by atoms with Gasteiger partial charge in [-0.15, -0.1) is 6.42 Å². The molecular formula is C12H11NO2. The summed E-state index contributed by atoms with van der Waals surface area (Å²) in [4.78, 5) is 10.7. The summed E-state index contributed by atoms with van der Waals surface area (Å²) in [6.07, 6.45) is 4.99. The highest BCUT2D eigenvalue weighted by atomic mass is 16.6. The zero-order valence-corrected chi connectivity index (χ0v) is 8.14. The predicted octanol–water partition coefficient (Wildman–Crippen LogP) is 1.42. The molecular weight excluding hydrogens is 190 g/mol. The fourth-order valence-electron chi connectivity index (χ4n) is 2.01. The molecule has 0 heterocycles. The van der Waals surface area contributed by atoms with Crippen LogP contribution >= 0.6 is 0 Å². The third kappa shape index (κ3) is 1.66. The first kappa shape index (κ1) is 9.60. The maximum atomic E-state index is 10.7. The number of fused-ring (bicyclic) bond motifs is 1. The van der Waals surface area contributed by atoms with E-state index >= 15 is 0 Å². The van der Waals surface area contributed by atoms with Gasteiger partial charge in [-0.05, 0) is 11.1 Å². The van der Waals surface area contributed by atoms with Gasteiger partial charge in [0.25, 0.3) is 0 Å². The lowest BCUT2D eigenvalue weighted by molar-refractivity contribution is 0.106. The van der Waals surface area contributed by atoms with Crippen LogP contribution < -0.4 is 5.73 Å². The molecule has 0 saturated heterocycles. The number of benzene rings is 1. The van der Waals surface area contributed by atoms with E-state index in [0.717, 1.165) is 11.1 Å². The molecule has 2 unspecified atom stereocenters. The van der Waals surface area contributed by atoms with Crippen LogP contribution in [0.25, 0.3) is 0 Å². The molecule has 1 amide bonds. The maximum absolute atomic E-state index is 10.7. The van der Waals surface area contributed by atoms with E-state index in [0.29, 0.717) is 6.42 Å². The summed E-state index contributed by atoms with van der Waals surface area (Å²) in [6, 6.07) is 7.82. The summed E-state index contributed by atoms with van der Waals surface area (Å²) in [7, 11) is 0. The van der Waals surface area contributed by atoms with Crippen molar-refractivity contribution in [3.8, 4) is 12.3 Å². The highest BCUT2D eigenvalue weighted by Crippen LogP contribution is 2.34. The lowest BCUT2D eigenvalue weighted by Gasteiger charge is -2.14. The van der Waals surface area contributed by atoms with Gasteiger partial charge in [-0.2, -0.15) is 0 Å². The SMILES string of the molecule is C#CC1c2ccccc2CC1OC(N)=O. The molecule has 1 aromatic rings. The number of primary amides is 1. The Labute approximate surface area is 88.2 Å². The highest BCUT2D eigenvalue weighted by molar-refractivity contribution is 5.65. The number of carbonyl (C=O) groups excluding carboxylic acids is 1. The quantitative estimate of drug-likeness (QED) is 0.699. The molecule has 0 saturated carbocycles. The van der Waals surface area contributed by atoms with E-state index in [1.807, 2.05) is 24.3 Å². The van der Waals surface area contributed by atoms with Crippen LogP contribution in [0.15, 0.2) is 24.3 Å². The van der Waals surface area contributed by atoms with Crippen molar-refractivity contribution < 1.29 is 9.53 Å². The van der Waals surface area contributed by atoms with Crippen molar-refractivity contribution >= 4 is 6.09 Å². The van der Waals surface area contributed by atoms with Gasteiger partial charge in [0.1, 0.15) is 6.10 Å². The molecule has 15 heavy (non-hydrogen) atoms. The highest BCUT2D eigenvalue weighted by Gasteiger charge is 2.33. The second kappa shape index (κ2) is 3.66. The van der Waals surface area contributed by atoms with Crippen molar-refractivity contribution in [2.45, 2.75) is 18.4 Å². The van der Waals surface area contributed by atoms with Crippen LogP contribution in [0.5, 0.6) is 0 Å². The number of amides is 1. The van der Waals surface area contributed by atoms with Crippen molar-refractivity contribution in [3.05, 3.63) is 35.4 Å². The summed E-state index contributed by atoms with van der Waals surface area (Å²) < 4.78 is 4.99. The van der Waals surface area contributed by atoms with Crippen molar-refractivity contribution in [1.82, 2.24) is 0 Å². The summed E-state index contributed by atoms with van der Waals surface area (Å²) in [5.41, 5.74) is 7.19. The first-order chi connectivity index (χ1) is 7.22. The number of hydrogen-bond acceptors (Lipinski definition) is 2. The molecule has 76 valence electrons. The van der Waals surface area contributed by atoms with Crippen molar-refractivity contribution in [3.63, 3.8) is 0 Å². The Kier molecular flexibility index (Phi) is 2.34. The first-order valence-electron chi connectivity index (χ1n) is 4.72. The molecule has 3 nitrogen and oxygen atoms in total. The summed E-state index contributed by atoms with van der Waals surface area (Å²) >= 11 is 0. The molecule has 0 radical (unpaired) electrons. The van der Waals surface area contributed by atoms with Crippen LogP contribution in [0.1, 0.15) is 17.0 Å².